The molecule has 0 bridgehead atoms. The zero-order valence-electron chi connectivity index (χ0n) is 9.87. The third-order valence-corrected chi connectivity index (χ3v) is 4.17. The van der Waals surface area contributed by atoms with E-state index in [0.717, 1.165) is 34.1 Å². The molecule has 3 N–H and O–H groups in total. The van der Waals surface area contributed by atoms with E-state index >= 15 is 0 Å². The van der Waals surface area contributed by atoms with E-state index < -0.39 is 0 Å². The lowest BCUT2D eigenvalue weighted by molar-refractivity contribution is 0.536. The molecule has 1 fully saturated rings. The van der Waals surface area contributed by atoms with E-state index in [9.17, 15) is 0 Å². The standard InChI is InChI=1S/C13H17BrN2S/c1-8(9-2-3-9)7-16-10-4-5-11(13(15)17)12(14)6-10/h4-6,8-9,16H,2-3,7H2,1H3,(H2,15,17). The van der Waals surface area contributed by atoms with Gasteiger partial charge in [0.25, 0.3) is 0 Å². The lowest BCUT2D eigenvalue weighted by Gasteiger charge is -2.13. The molecule has 1 aliphatic carbocycles. The summed E-state index contributed by atoms with van der Waals surface area (Å²) < 4.78 is 0.953. The van der Waals surface area contributed by atoms with E-state index in [1.165, 1.54) is 12.8 Å². The molecule has 2 nitrogen and oxygen atoms in total. The average molecular weight is 313 g/mol. The van der Waals surface area contributed by atoms with Gasteiger partial charge in [-0.3, -0.25) is 0 Å². The van der Waals surface area contributed by atoms with Crippen LogP contribution in [0, 0.1) is 11.8 Å². The highest BCUT2D eigenvalue weighted by molar-refractivity contribution is 9.10. The number of hydrogen-bond acceptors (Lipinski definition) is 2. The monoisotopic (exact) mass is 312 g/mol. The van der Waals surface area contributed by atoms with Gasteiger partial charge in [-0.05, 0) is 58.8 Å². The number of hydrogen-bond donors (Lipinski definition) is 2. The molecule has 1 aliphatic rings. The molecule has 92 valence electrons. The molecule has 0 aliphatic heterocycles. The fraction of sp³-hybridized carbons (Fsp3) is 0.462. The fourth-order valence-electron chi connectivity index (χ4n) is 1.94. The number of rotatable bonds is 5. The lowest BCUT2D eigenvalue weighted by atomic mass is 10.1. The van der Waals surface area contributed by atoms with E-state index in [2.05, 4.69) is 28.2 Å². The quantitative estimate of drug-likeness (QED) is 0.817. The van der Waals surface area contributed by atoms with Crippen molar-refractivity contribution >= 4 is 38.8 Å². The van der Waals surface area contributed by atoms with Crippen molar-refractivity contribution in [1.29, 1.82) is 0 Å². The molecule has 0 amide bonds. The summed E-state index contributed by atoms with van der Waals surface area (Å²) in [6.07, 6.45) is 2.79. The Morgan fingerprint density at radius 1 is 1.59 bits per heavy atom. The Labute approximate surface area is 116 Å². The van der Waals surface area contributed by atoms with Crippen LogP contribution in [0.1, 0.15) is 25.3 Å². The number of nitrogens with one attached hydrogen (secondary N) is 1. The zero-order valence-corrected chi connectivity index (χ0v) is 12.3. The summed E-state index contributed by atoms with van der Waals surface area (Å²) in [6, 6.07) is 6.02. The molecular formula is C13H17BrN2S. The SMILES string of the molecule is CC(CNc1ccc(C(N)=S)c(Br)c1)C1CC1. The molecule has 1 saturated carbocycles. The Balaban J connectivity index is 1.97. The van der Waals surface area contributed by atoms with Crippen molar-refractivity contribution in [1.82, 2.24) is 0 Å². The molecule has 0 heterocycles. The normalized spacial score (nSPS) is 16.6. The van der Waals surface area contributed by atoms with Crippen LogP contribution in [0.2, 0.25) is 0 Å². The topological polar surface area (TPSA) is 38.0 Å². The first-order chi connectivity index (χ1) is 8.08. The van der Waals surface area contributed by atoms with Crippen LogP contribution in [0.15, 0.2) is 22.7 Å². The minimum absolute atomic E-state index is 0.426. The second-order valence-electron chi connectivity index (χ2n) is 4.75. The number of nitrogens with two attached hydrogens (primary N) is 1. The summed E-state index contributed by atoms with van der Waals surface area (Å²) in [4.78, 5) is 0.426. The molecule has 0 aromatic heterocycles. The van der Waals surface area contributed by atoms with Crippen molar-refractivity contribution in [2.45, 2.75) is 19.8 Å². The lowest BCUT2D eigenvalue weighted by Crippen LogP contribution is -2.14. The molecule has 0 spiro atoms. The van der Waals surface area contributed by atoms with Crippen molar-refractivity contribution in [2.75, 3.05) is 11.9 Å². The number of halogens is 1. The van der Waals surface area contributed by atoms with Crippen LogP contribution in [-0.4, -0.2) is 11.5 Å². The Bertz CT molecular complexity index is 429. The van der Waals surface area contributed by atoms with Gasteiger partial charge in [0.2, 0.25) is 0 Å². The Morgan fingerprint density at radius 3 is 2.82 bits per heavy atom. The molecule has 1 atom stereocenters. The van der Waals surface area contributed by atoms with Crippen molar-refractivity contribution in [2.24, 2.45) is 17.6 Å². The predicted octanol–water partition coefficient (Wildman–Crippen LogP) is 3.54. The summed E-state index contributed by atoms with van der Waals surface area (Å²) in [5, 5.41) is 3.46. The van der Waals surface area contributed by atoms with Crippen molar-refractivity contribution in [3.8, 4) is 0 Å². The molecule has 17 heavy (non-hydrogen) atoms. The summed E-state index contributed by atoms with van der Waals surface area (Å²) in [5.41, 5.74) is 7.62. The van der Waals surface area contributed by atoms with Crippen LogP contribution < -0.4 is 11.1 Å². The van der Waals surface area contributed by atoms with E-state index in [1.54, 1.807) is 0 Å². The highest BCUT2D eigenvalue weighted by atomic mass is 79.9. The Hall–Kier alpha value is -0.610. The van der Waals surface area contributed by atoms with Crippen LogP contribution in [0.3, 0.4) is 0 Å². The summed E-state index contributed by atoms with van der Waals surface area (Å²) in [5.74, 6) is 1.69. The van der Waals surface area contributed by atoms with Crippen LogP contribution in [0.25, 0.3) is 0 Å². The molecule has 4 heteroatoms. The first-order valence-electron chi connectivity index (χ1n) is 5.91. The second-order valence-corrected chi connectivity index (χ2v) is 6.05. The van der Waals surface area contributed by atoms with Gasteiger partial charge in [0.15, 0.2) is 0 Å². The first kappa shape index (κ1) is 12.8. The molecule has 0 saturated heterocycles. The predicted molar refractivity (Wildman–Crippen MR) is 80.4 cm³/mol. The van der Waals surface area contributed by atoms with Crippen LogP contribution in [-0.2, 0) is 0 Å². The highest BCUT2D eigenvalue weighted by Crippen LogP contribution is 2.36. The summed E-state index contributed by atoms with van der Waals surface area (Å²) in [6.45, 7) is 3.34. The maximum absolute atomic E-state index is 5.62. The number of benzene rings is 1. The van der Waals surface area contributed by atoms with Gasteiger partial charge in [-0.25, -0.2) is 0 Å². The van der Waals surface area contributed by atoms with Gasteiger partial charge in [0.05, 0.1) is 0 Å². The van der Waals surface area contributed by atoms with Gasteiger partial charge in [-0.1, -0.05) is 19.1 Å². The molecule has 0 radical (unpaired) electrons. The second kappa shape index (κ2) is 5.36. The van der Waals surface area contributed by atoms with Gasteiger partial charge in [-0.15, -0.1) is 0 Å². The van der Waals surface area contributed by atoms with E-state index in [0.29, 0.717) is 4.99 Å². The maximum Gasteiger partial charge on any atom is 0.105 e. The number of thiocarbonyl (C=S) groups is 1. The Kier molecular flexibility index (Phi) is 4.05. The molecule has 1 aromatic rings. The minimum Gasteiger partial charge on any atom is -0.389 e. The van der Waals surface area contributed by atoms with Crippen molar-refractivity contribution in [3.63, 3.8) is 0 Å². The van der Waals surface area contributed by atoms with Gasteiger partial charge in [0, 0.05) is 22.3 Å². The van der Waals surface area contributed by atoms with Gasteiger partial charge < -0.3 is 11.1 Å². The smallest absolute Gasteiger partial charge is 0.105 e. The molecule has 1 unspecified atom stereocenters. The van der Waals surface area contributed by atoms with Crippen LogP contribution in [0.5, 0.6) is 0 Å². The van der Waals surface area contributed by atoms with Crippen molar-refractivity contribution in [3.05, 3.63) is 28.2 Å². The molecular weight excluding hydrogens is 296 g/mol. The largest absolute Gasteiger partial charge is 0.389 e. The van der Waals surface area contributed by atoms with Gasteiger partial charge in [-0.2, -0.15) is 0 Å². The molecule has 1 aromatic carbocycles. The van der Waals surface area contributed by atoms with Crippen molar-refractivity contribution < 1.29 is 0 Å². The summed E-state index contributed by atoms with van der Waals surface area (Å²) in [7, 11) is 0. The van der Waals surface area contributed by atoms with Crippen LogP contribution in [0.4, 0.5) is 5.69 Å². The van der Waals surface area contributed by atoms with Gasteiger partial charge in [0.1, 0.15) is 4.99 Å². The minimum atomic E-state index is 0.426. The van der Waals surface area contributed by atoms with E-state index in [4.69, 9.17) is 18.0 Å². The van der Waals surface area contributed by atoms with E-state index in [1.807, 2.05) is 18.2 Å². The van der Waals surface area contributed by atoms with Gasteiger partial charge >= 0.3 is 0 Å². The summed E-state index contributed by atoms with van der Waals surface area (Å²) >= 11 is 8.46. The number of anilines is 1. The zero-order chi connectivity index (χ0) is 12.4. The highest BCUT2D eigenvalue weighted by Gasteiger charge is 2.27. The third kappa shape index (κ3) is 3.42. The maximum atomic E-state index is 5.62. The van der Waals surface area contributed by atoms with E-state index in [-0.39, 0.29) is 0 Å². The first-order valence-corrected chi connectivity index (χ1v) is 7.11. The molecule has 2 rings (SSSR count). The fourth-order valence-corrected chi connectivity index (χ4v) is 2.84. The van der Waals surface area contributed by atoms with Crippen LogP contribution >= 0.6 is 28.1 Å². The average Bonchev–Trinajstić information content (AvgIpc) is 3.09. The third-order valence-electron chi connectivity index (χ3n) is 3.29. The Morgan fingerprint density at radius 2 is 2.29 bits per heavy atom.